The van der Waals surface area contributed by atoms with Crippen molar-refractivity contribution in [2.75, 3.05) is 12.4 Å². The van der Waals surface area contributed by atoms with Crippen molar-refractivity contribution in [1.29, 1.82) is 0 Å². The summed E-state index contributed by atoms with van der Waals surface area (Å²) >= 11 is 5.86. The summed E-state index contributed by atoms with van der Waals surface area (Å²) in [4.78, 5) is 0.416. The van der Waals surface area contributed by atoms with Gasteiger partial charge < -0.3 is 0 Å². The van der Waals surface area contributed by atoms with Gasteiger partial charge in [-0.1, -0.05) is 12.1 Å². The standard InChI is InChI=1S/C13H18ClNO2S/c1-10-5-6-11(2)13(8-10)18(16,17)15-7-3-4-12(15)9-14/h5-6,8,12H,3-4,7,9H2,1-2H3/t12-/m0/s1. The summed E-state index contributed by atoms with van der Waals surface area (Å²) in [7, 11) is -3.40. The Morgan fingerprint density at radius 3 is 2.78 bits per heavy atom. The molecule has 3 nitrogen and oxygen atoms in total. The highest BCUT2D eigenvalue weighted by atomic mass is 35.5. The van der Waals surface area contributed by atoms with Crippen molar-refractivity contribution in [2.24, 2.45) is 0 Å². The molecule has 100 valence electrons. The zero-order valence-corrected chi connectivity index (χ0v) is 12.3. The van der Waals surface area contributed by atoms with Gasteiger partial charge in [-0.2, -0.15) is 4.31 Å². The van der Waals surface area contributed by atoms with E-state index in [1.165, 1.54) is 0 Å². The molecule has 0 unspecified atom stereocenters. The third-order valence-corrected chi connectivity index (χ3v) is 5.88. The Kier molecular flexibility index (Phi) is 3.99. The second kappa shape index (κ2) is 5.19. The van der Waals surface area contributed by atoms with Crippen LogP contribution in [-0.2, 0) is 10.0 Å². The van der Waals surface area contributed by atoms with Crippen LogP contribution >= 0.6 is 11.6 Å². The Hall–Kier alpha value is -0.580. The van der Waals surface area contributed by atoms with Gasteiger partial charge in [0.2, 0.25) is 10.0 Å². The Bertz CT molecular complexity index is 542. The number of hydrogen-bond donors (Lipinski definition) is 0. The van der Waals surface area contributed by atoms with E-state index in [2.05, 4.69) is 0 Å². The normalized spacial score (nSPS) is 21.4. The topological polar surface area (TPSA) is 37.4 Å². The summed E-state index contributed by atoms with van der Waals surface area (Å²) in [5.74, 6) is 0.365. The van der Waals surface area contributed by atoms with E-state index < -0.39 is 10.0 Å². The molecule has 0 bridgehead atoms. The van der Waals surface area contributed by atoms with Gasteiger partial charge in [0, 0.05) is 18.5 Å². The number of nitrogens with zero attached hydrogens (tertiary/aromatic N) is 1. The van der Waals surface area contributed by atoms with E-state index in [-0.39, 0.29) is 6.04 Å². The zero-order chi connectivity index (χ0) is 13.3. The predicted molar refractivity (Wildman–Crippen MR) is 73.5 cm³/mol. The molecule has 1 heterocycles. The molecule has 0 N–H and O–H groups in total. The van der Waals surface area contributed by atoms with Crippen LogP contribution in [0, 0.1) is 13.8 Å². The van der Waals surface area contributed by atoms with Crippen LogP contribution in [0.15, 0.2) is 23.1 Å². The van der Waals surface area contributed by atoms with Gasteiger partial charge >= 0.3 is 0 Å². The maximum absolute atomic E-state index is 12.6. The van der Waals surface area contributed by atoms with Crippen molar-refractivity contribution >= 4 is 21.6 Å². The van der Waals surface area contributed by atoms with E-state index in [0.29, 0.717) is 17.3 Å². The molecule has 0 amide bonds. The van der Waals surface area contributed by atoms with Crippen LogP contribution in [0.3, 0.4) is 0 Å². The van der Waals surface area contributed by atoms with Crippen molar-refractivity contribution in [2.45, 2.75) is 37.6 Å². The number of hydrogen-bond acceptors (Lipinski definition) is 2. The van der Waals surface area contributed by atoms with E-state index in [1.807, 2.05) is 26.0 Å². The molecular formula is C13H18ClNO2S. The first-order valence-corrected chi connectivity index (χ1v) is 8.09. The van der Waals surface area contributed by atoms with E-state index in [9.17, 15) is 8.42 Å². The Labute approximate surface area is 114 Å². The van der Waals surface area contributed by atoms with Crippen LogP contribution in [-0.4, -0.2) is 31.2 Å². The average Bonchev–Trinajstić information content (AvgIpc) is 2.81. The molecule has 5 heteroatoms. The maximum atomic E-state index is 12.6. The summed E-state index contributed by atoms with van der Waals surface area (Å²) in [6.45, 7) is 4.31. The molecule has 1 saturated heterocycles. The molecule has 0 radical (unpaired) electrons. The monoisotopic (exact) mass is 287 g/mol. The van der Waals surface area contributed by atoms with Crippen molar-refractivity contribution in [1.82, 2.24) is 4.31 Å². The molecule has 1 aromatic rings. The molecule has 1 aromatic carbocycles. The summed E-state index contributed by atoms with van der Waals surface area (Å²) < 4.78 is 26.8. The van der Waals surface area contributed by atoms with Crippen LogP contribution in [0.2, 0.25) is 0 Å². The molecule has 18 heavy (non-hydrogen) atoms. The van der Waals surface area contributed by atoms with Gasteiger partial charge in [-0.05, 0) is 43.9 Å². The van der Waals surface area contributed by atoms with Gasteiger partial charge in [-0.3, -0.25) is 0 Å². The van der Waals surface area contributed by atoms with E-state index in [0.717, 1.165) is 24.0 Å². The third kappa shape index (κ3) is 2.42. The number of benzene rings is 1. The first-order valence-electron chi connectivity index (χ1n) is 6.12. The number of alkyl halides is 1. The first kappa shape index (κ1) is 13.8. The highest BCUT2D eigenvalue weighted by Gasteiger charge is 2.35. The predicted octanol–water partition coefficient (Wildman–Crippen LogP) is 2.70. The first-order chi connectivity index (χ1) is 8.46. The molecule has 0 aliphatic carbocycles. The Morgan fingerprint density at radius 2 is 2.11 bits per heavy atom. The van der Waals surface area contributed by atoms with Crippen LogP contribution in [0.4, 0.5) is 0 Å². The van der Waals surface area contributed by atoms with Gasteiger partial charge in [-0.25, -0.2) is 8.42 Å². The van der Waals surface area contributed by atoms with Crippen LogP contribution in [0.1, 0.15) is 24.0 Å². The van der Waals surface area contributed by atoms with Gasteiger partial charge in [0.05, 0.1) is 4.90 Å². The van der Waals surface area contributed by atoms with Gasteiger partial charge in [-0.15, -0.1) is 11.6 Å². The van der Waals surface area contributed by atoms with Gasteiger partial charge in [0.25, 0.3) is 0 Å². The molecule has 0 saturated carbocycles. The zero-order valence-electron chi connectivity index (χ0n) is 10.7. The third-order valence-electron chi connectivity index (χ3n) is 3.43. The van der Waals surface area contributed by atoms with Crippen LogP contribution < -0.4 is 0 Å². The fraction of sp³-hybridized carbons (Fsp3) is 0.538. The molecular weight excluding hydrogens is 270 g/mol. The van der Waals surface area contributed by atoms with Crippen molar-refractivity contribution < 1.29 is 8.42 Å². The number of halogens is 1. The largest absolute Gasteiger partial charge is 0.243 e. The van der Waals surface area contributed by atoms with Crippen LogP contribution in [0.25, 0.3) is 0 Å². The van der Waals surface area contributed by atoms with E-state index in [1.54, 1.807) is 10.4 Å². The SMILES string of the molecule is Cc1ccc(C)c(S(=O)(=O)N2CCC[C@H]2CCl)c1. The molecule has 1 aliphatic heterocycles. The molecule has 1 atom stereocenters. The average molecular weight is 288 g/mol. The summed E-state index contributed by atoms with van der Waals surface area (Å²) in [5, 5.41) is 0. The quantitative estimate of drug-likeness (QED) is 0.802. The lowest BCUT2D eigenvalue weighted by atomic mass is 10.2. The van der Waals surface area contributed by atoms with E-state index in [4.69, 9.17) is 11.6 Å². The summed E-state index contributed by atoms with van der Waals surface area (Å²) in [6, 6.07) is 5.47. The summed E-state index contributed by atoms with van der Waals surface area (Å²) in [5.41, 5.74) is 1.75. The fourth-order valence-electron chi connectivity index (χ4n) is 2.39. The van der Waals surface area contributed by atoms with Crippen LogP contribution in [0.5, 0.6) is 0 Å². The Balaban J connectivity index is 2.45. The van der Waals surface area contributed by atoms with Gasteiger partial charge in [0.1, 0.15) is 0 Å². The number of rotatable bonds is 3. The van der Waals surface area contributed by atoms with E-state index >= 15 is 0 Å². The second-order valence-corrected chi connectivity index (χ2v) is 7.00. The molecule has 1 aliphatic rings. The molecule has 1 fully saturated rings. The highest BCUT2D eigenvalue weighted by Crippen LogP contribution is 2.28. The smallest absolute Gasteiger partial charge is 0.207 e. The van der Waals surface area contributed by atoms with Crippen molar-refractivity contribution in [3.05, 3.63) is 29.3 Å². The Morgan fingerprint density at radius 1 is 1.39 bits per heavy atom. The minimum Gasteiger partial charge on any atom is -0.207 e. The lowest BCUT2D eigenvalue weighted by molar-refractivity contribution is 0.411. The minimum absolute atomic E-state index is 0.0587. The maximum Gasteiger partial charge on any atom is 0.243 e. The molecule has 0 spiro atoms. The number of sulfonamides is 1. The lowest BCUT2D eigenvalue weighted by Crippen LogP contribution is -2.36. The van der Waals surface area contributed by atoms with Gasteiger partial charge in [0.15, 0.2) is 0 Å². The second-order valence-electron chi connectivity index (χ2n) is 4.84. The highest BCUT2D eigenvalue weighted by molar-refractivity contribution is 7.89. The van der Waals surface area contributed by atoms with Crippen molar-refractivity contribution in [3.63, 3.8) is 0 Å². The number of aryl methyl sites for hydroxylation is 2. The molecule has 0 aromatic heterocycles. The lowest BCUT2D eigenvalue weighted by Gasteiger charge is -2.23. The fourth-order valence-corrected chi connectivity index (χ4v) is 4.80. The summed E-state index contributed by atoms with van der Waals surface area (Å²) in [6.07, 6.45) is 1.75. The molecule has 2 rings (SSSR count). The van der Waals surface area contributed by atoms with Crippen molar-refractivity contribution in [3.8, 4) is 0 Å². The minimum atomic E-state index is -3.40.